The Morgan fingerprint density at radius 3 is 2.59 bits per heavy atom. The van der Waals surface area contributed by atoms with E-state index in [2.05, 4.69) is 59.0 Å². The number of fused-ring (bicyclic) bond motifs is 1. The maximum Gasteiger partial charge on any atom is 0.317 e. The van der Waals surface area contributed by atoms with Crippen LogP contribution in [-0.4, -0.2) is 46.3 Å². The molecule has 1 aliphatic heterocycles. The van der Waals surface area contributed by atoms with E-state index >= 15 is 0 Å². The van der Waals surface area contributed by atoms with Crippen LogP contribution in [0.5, 0.6) is 0 Å². The molecule has 0 aliphatic carbocycles. The van der Waals surface area contributed by atoms with Crippen molar-refractivity contribution >= 4 is 6.03 Å². The SMILES string of the molecule is Cc1cc(C)c(CN2CCCn3nc(CNC(=O)N(C)C)cc3C2)cc1C. The summed E-state index contributed by atoms with van der Waals surface area (Å²) in [6, 6.07) is 6.65. The molecule has 1 aromatic heterocycles. The predicted molar refractivity (Wildman–Crippen MR) is 108 cm³/mol. The van der Waals surface area contributed by atoms with E-state index in [0.29, 0.717) is 6.54 Å². The standard InChI is InChI=1S/C21H31N5O/c1-15-9-17(3)18(10-16(15)2)13-25-7-6-8-26-20(14-25)11-19(23-26)12-22-21(27)24(4)5/h9-11H,6-8,12-14H2,1-5H3,(H,22,27). The zero-order valence-electron chi connectivity index (χ0n) is 17.2. The van der Waals surface area contributed by atoms with Gasteiger partial charge in [0.1, 0.15) is 0 Å². The van der Waals surface area contributed by atoms with E-state index < -0.39 is 0 Å². The molecular formula is C21H31N5O. The Morgan fingerprint density at radius 2 is 1.85 bits per heavy atom. The van der Waals surface area contributed by atoms with Crippen LogP contribution in [0.3, 0.4) is 0 Å². The maximum absolute atomic E-state index is 11.7. The number of benzene rings is 1. The Morgan fingerprint density at radius 1 is 1.11 bits per heavy atom. The van der Waals surface area contributed by atoms with E-state index in [4.69, 9.17) is 0 Å². The third kappa shape index (κ3) is 4.69. The third-order valence-corrected chi connectivity index (χ3v) is 5.32. The van der Waals surface area contributed by atoms with Gasteiger partial charge in [-0.05, 0) is 55.5 Å². The Labute approximate surface area is 162 Å². The number of nitrogens with zero attached hydrogens (tertiary/aromatic N) is 4. The summed E-state index contributed by atoms with van der Waals surface area (Å²) >= 11 is 0. The van der Waals surface area contributed by atoms with Crippen LogP contribution in [0.1, 0.15) is 40.1 Å². The summed E-state index contributed by atoms with van der Waals surface area (Å²) in [4.78, 5) is 15.8. The first-order valence-electron chi connectivity index (χ1n) is 9.63. The average molecular weight is 370 g/mol. The molecule has 1 N–H and O–H groups in total. The van der Waals surface area contributed by atoms with Crippen LogP contribution in [0, 0.1) is 20.8 Å². The van der Waals surface area contributed by atoms with Gasteiger partial charge in [0, 0.05) is 40.3 Å². The van der Waals surface area contributed by atoms with Gasteiger partial charge in [0.25, 0.3) is 0 Å². The second-order valence-electron chi connectivity index (χ2n) is 7.83. The van der Waals surface area contributed by atoms with Gasteiger partial charge in [0.05, 0.1) is 17.9 Å². The number of aromatic nitrogens is 2. The largest absolute Gasteiger partial charge is 0.332 e. The maximum atomic E-state index is 11.7. The quantitative estimate of drug-likeness (QED) is 0.901. The Balaban J connectivity index is 1.69. The molecule has 146 valence electrons. The summed E-state index contributed by atoms with van der Waals surface area (Å²) in [7, 11) is 3.48. The molecule has 2 aromatic rings. The van der Waals surface area contributed by atoms with Crippen molar-refractivity contribution < 1.29 is 4.79 Å². The minimum Gasteiger partial charge on any atom is -0.332 e. The summed E-state index contributed by atoms with van der Waals surface area (Å²) in [6.45, 7) is 10.9. The molecule has 0 spiro atoms. The Bertz CT molecular complexity index is 824. The van der Waals surface area contributed by atoms with E-state index in [1.54, 1.807) is 14.1 Å². The lowest BCUT2D eigenvalue weighted by Crippen LogP contribution is -2.34. The summed E-state index contributed by atoms with van der Waals surface area (Å²) in [5, 5.41) is 7.57. The highest BCUT2D eigenvalue weighted by atomic mass is 16.2. The number of rotatable bonds is 4. The monoisotopic (exact) mass is 369 g/mol. The fraction of sp³-hybridized carbons (Fsp3) is 0.524. The summed E-state index contributed by atoms with van der Waals surface area (Å²) in [5.74, 6) is 0. The van der Waals surface area contributed by atoms with Crippen LogP contribution in [0.15, 0.2) is 18.2 Å². The van der Waals surface area contributed by atoms with Crippen molar-refractivity contribution in [2.45, 2.75) is 53.4 Å². The highest BCUT2D eigenvalue weighted by Crippen LogP contribution is 2.20. The minimum absolute atomic E-state index is 0.0926. The van der Waals surface area contributed by atoms with Gasteiger partial charge >= 0.3 is 6.03 Å². The van der Waals surface area contributed by atoms with Crippen LogP contribution in [-0.2, 0) is 26.2 Å². The summed E-state index contributed by atoms with van der Waals surface area (Å²) in [6.07, 6.45) is 1.09. The molecule has 0 atom stereocenters. The van der Waals surface area contributed by atoms with Gasteiger partial charge in [-0.1, -0.05) is 12.1 Å². The number of carbonyl (C=O) groups excluding carboxylic acids is 1. The van der Waals surface area contributed by atoms with Gasteiger partial charge in [0.15, 0.2) is 0 Å². The first kappa shape index (κ1) is 19.4. The zero-order valence-corrected chi connectivity index (χ0v) is 17.2. The van der Waals surface area contributed by atoms with Crippen LogP contribution < -0.4 is 5.32 Å². The summed E-state index contributed by atoms with van der Waals surface area (Å²) in [5.41, 5.74) is 7.63. The van der Waals surface area contributed by atoms with Crippen molar-refractivity contribution in [2.75, 3.05) is 20.6 Å². The van der Waals surface area contributed by atoms with Gasteiger partial charge in [-0.3, -0.25) is 9.58 Å². The van der Waals surface area contributed by atoms with E-state index in [1.807, 2.05) is 0 Å². The van der Waals surface area contributed by atoms with Gasteiger partial charge in [-0.25, -0.2) is 4.79 Å². The van der Waals surface area contributed by atoms with Crippen LogP contribution >= 0.6 is 0 Å². The number of hydrogen-bond acceptors (Lipinski definition) is 3. The second kappa shape index (κ2) is 8.13. The number of carbonyl (C=O) groups is 1. The summed E-state index contributed by atoms with van der Waals surface area (Å²) < 4.78 is 2.10. The highest BCUT2D eigenvalue weighted by Gasteiger charge is 2.18. The molecule has 2 amide bonds. The number of urea groups is 1. The number of hydrogen-bond donors (Lipinski definition) is 1. The molecule has 2 heterocycles. The van der Waals surface area contributed by atoms with E-state index in [9.17, 15) is 4.79 Å². The lowest BCUT2D eigenvalue weighted by molar-refractivity contribution is 0.217. The molecule has 0 bridgehead atoms. The first-order chi connectivity index (χ1) is 12.8. The van der Waals surface area contributed by atoms with Gasteiger partial charge < -0.3 is 10.2 Å². The molecular weight excluding hydrogens is 338 g/mol. The second-order valence-corrected chi connectivity index (χ2v) is 7.83. The molecule has 27 heavy (non-hydrogen) atoms. The molecule has 0 saturated carbocycles. The smallest absolute Gasteiger partial charge is 0.317 e. The van der Waals surface area contributed by atoms with Gasteiger partial charge in [-0.15, -0.1) is 0 Å². The lowest BCUT2D eigenvalue weighted by atomic mass is 10.0. The first-order valence-corrected chi connectivity index (χ1v) is 9.63. The van der Waals surface area contributed by atoms with Crippen molar-refractivity contribution in [3.63, 3.8) is 0 Å². The van der Waals surface area contributed by atoms with E-state index in [0.717, 1.165) is 38.3 Å². The molecule has 0 saturated heterocycles. The molecule has 1 aromatic carbocycles. The number of amides is 2. The molecule has 1 aliphatic rings. The number of aryl methyl sites for hydroxylation is 4. The topological polar surface area (TPSA) is 53.4 Å². The van der Waals surface area contributed by atoms with Crippen LogP contribution in [0.2, 0.25) is 0 Å². The normalized spacial score (nSPS) is 14.6. The highest BCUT2D eigenvalue weighted by molar-refractivity contribution is 5.73. The van der Waals surface area contributed by atoms with Crippen LogP contribution in [0.4, 0.5) is 4.79 Å². The zero-order chi connectivity index (χ0) is 19.6. The van der Waals surface area contributed by atoms with Crippen molar-refractivity contribution in [1.82, 2.24) is 24.9 Å². The predicted octanol–water partition coefficient (Wildman–Crippen LogP) is 2.99. The fourth-order valence-electron chi connectivity index (χ4n) is 3.57. The fourth-order valence-corrected chi connectivity index (χ4v) is 3.57. The minimum atomic E-state index is -0.0926. The van der Waals surface area contributed by atoms with Gasteiger partial charge in [-0.2, -0.15) is 5.10 Å². The Hall–Kier alpha value is -2.34. The molecule has 0 fully saturated rings. The molecule has 0 unspecified atom stereocenters. The van der Waals surface area contributed by atoms with Crippen molar-refractivity contribution in [3.8, 4) is 0 Å². The van der Waals surface area contributed by atoms with E-state index in [-0.39, 0.29) is 6.03 Å². The van der Waals surface area contributed by atoms with Crippen molar-refractivity contribution in [3.05, 3.63) is 51.8 Å². The molecule has 6 nitrogen and oxygen atoms in total. The van der Waals surface area contributed by atoms with Crippen LogP contribution in [0.25, 0.3) is 0 Å². The van der Waals surface area contributed by atoms with Crippen molar-refractivity contribution in [2.24, 2.45) is 0 Å². The Kier molecular flexibility index (Phi) is 5.85. The molecule has 3 rings (SSSR count). The third-order valence-electron chi connectivity index (χ3n) is 5.32. The average Bonchev–Trinajstić information content (AvgIpc) is 2.89. The van der Waals surface area contributed by atoms with Crippen molar-refractivity contribution in [1.29, 1.82) is 0 Å². The number of nitrogens with one attached hydrogen (secondary N) is 1. The lowest BCUT2D eigenvalue weighted by Gasteiger charge is -2.21. The van der Waals surface area contributed by atoms with Gasteiger partial charge in [0.2, 0.25) is 0 Å². The molecule has 0 radical (unpaired) electrons. The van der Waals surface area contributed by atoms with E-state index in [1.165, 1.54) is 32.8 Å². The molecule has 6 heteroatoms.